The molecule has 0 fully saturated rings. The van der Waals surface area contributed by atoms with Crippen molar-refractivity contribution in [2.24, 2.45) is 0 Å². The zero-order valence-corrected chi connectivity index (χ0v) is 19.0. The van der Waals surface area contributed by atoms with Crippen molar-refractivity contribution in [1.29, 1.82) is 0 Å². The second kappa shape index (κ2) is 9.44. The summed E-state index contributed by atoms with van der Waals surface area (Å²) in [5, 5.41) is 7.60. The Bertz CT molecular complexity index is 1160. The number of benzene rings is 2. The van der Waals surface area contributed by atoms with Crippen LogP contribution in [0.4, 0.5) is 5.82 Å². The molecule has 4 rings (SSSR count). The summed E-state index contributed by atoms with van der Waals surface area (Å²) >= 11 is 0. The number of nitrogens with zero attached hydrogens (tertiary/aromatic N) is 2. The van der Waals surface area contributed by atoms with E-state index in [-0.39, 0.29) is 5.91 Å². The molecule has 0 spiro atoms. The maximum atomic E-state index is 13.2. The van der Waals surface area contributed by atoms with E-state index in [0.29, 0.717) is 47.6 Å². The van der Waals surface area contributed by atoms with Gasteiger partial charge in [-0.1, -0.05) is 0 Å². The Morgan fingerprint density at radius 1 is 1.06 bits per heavy atom. The first-order chi connectivity index (χ1) is 15.5. The Hall–Kier alpha value is -3.33. The summed E-state index contributed by atoms with van der Waals surface area (Å²) in [6.07, 6.45) is 0. The summed E-state index contributed by atoms with van der Waals surface area (Å²) in [6.45, 7) is 4.71. The van der Waals surface area contributed by atoms with Crippen LogP contribution >= 0.6 is 0 Å². The summed E-state index contributed by atoms with van der Waals surface area (Å²) in [4.78, 5) is 13.2. The number of carbonyl (C=O) groups is 1. The van der Waals surface area contributed by atoms with Gasteiger partial charge in [0, 0.05) is 21.9 Å². The smallest absolute Gasteiger partial charge is 0.256 e. The van der Waals surface area contributed by atoms with Gasteiger partial charge in [0.25, 0.3) is 5.91 Å². The molecule has 1 aliphatic rings. The fraction of sp³-hybridized carbons (Fsp3) is 0.304. The highest BCUT2D eigenvalue weighted by atomic mass is 32.2. The lowest BCUT2D eigenvalue weighted by Crippen LogP contribution is -2.17. The molecule has 1 atom stereocenters. The van der Waals surface area contributed by atoms with E-state index in [1.54, 1.807) is 30.0 Å². The van der Waals surface area contributed by atoms with Crippen LogP contribution in [0.15, 0.2) is 42.5 Å². The van der Waals surface area contributed by atoms with Crippen LogP contribution in [0.1, 0.15) is 35.5 Å². The Labute approximate surface area is 188 Å². The first kappa shape index (κ1) is 21.9. The number of anilines is 1. The van der Waals surface area contributed by atoms with Gasteiger partial charge in [0.1, 0.15) is 11.6 Å². The molecular formula is C23H25N3O5S. The molecule has 9 heteroatoms. The molecule has 32 heavy (non-hydrogen) atoms. The van der Waals surface area contributed by atoms with E-state index in [1.807, 2.05) is 38.1 Å². The molecule has 168 valence electrons. The molecular weight excluding hydrogens is 430 g/mol. The maximum Gasteiger partial charge on any atom is 0.256 e. The minimum atomic E-state index is -1.02. The number of carbonyl (C=O) groups excluding carboxylic acids is 1. The third-order valence-electron chi connectivity index (χ3n) is 5.02. The lowest BCUT2D eigenvalue weighted by Gasteiger charge is -2.14. The average molecular weight is 456 g/mol. The lowest BCUT2D eigenvalue weighted by atomic mass is 10.1. The number of methoxy groups -OCH3 is 1. The number of rotatable bonds is 8. The quantitative estimate of drug-likeness (QED) is 0.557. The van der Waals surface area contributed by atoms with E-state index in [9.17, 15) is 9.00 Å². The molecule has 1 amide bonds. The summed E-state index contributed by atoms with van der Waals surface area (Å²) in [5.74, 6) is 2.76. The number of aromatic nitrogens is 2. The Balaban J connectivity index is 1.68. The van der Waals surface area contributed by atoms with Crippen LogP contribution in [0, 0.1) is 0 Å². The summed E-state index contributed by atoms with van der Waals surface area (Å²) in [7, 11) is 0.580. The van der Waals surface area contributed by atoms with Gasteiger partial charge in [-0.2, -0.15) is 5.10 Å². The monoisotopic (exact) mass is 455 g/mol. The highest BCUT2D eigenvalue weighted by Crippen LogP contribution is 2.33. The highest BCUT2D eigenvalue weighted by Gasteiger charge is 2.28. The largest absolute Gasteiger partial charge is 0.497 e. The van der Waals surface area contributed by atoms with Gasteiger partial charge in [-0.25, -0.2) is 4.68 Å². The number of hydrogen-bond donors (Lipinski definition) is 1. The van der Waals surface area contributed by atoms with Crippen LogP contribution in [-0.2, 0) is 22.3 Å². The molecule has 0 bridgehead atoms. The van der Waals surface area contributed by atoms with E-state index in [2.05, 4.69) is 10.4 Å². The minimum absolute atomic E-state index is 0.316. The standard InChI is InChI=1S/C23H25N3O5S/c1-4-30-20-11-6-15(12-21(20)31-5-2)23(27)24-22-18-13-32(28)14-19(18)25-26(22)16-7-9-17(29-3)10-8-16/h6-12H,4-5,13-14H2,1-3H3,(H,24,27)/t32-/m0/s1. The van der Waals surface area contributed by atoms with E-state index in [0.717, 1.165) is 22.7 Å². The second-order valence-electron chi connectivity index (χ2n) is 7.09. The molecule has 0 radical (unpaired) electrons. The van der Waals surface area contributed by atoms with Crippen molar-refractivity contribution < 1.29 is 23.2 Å². The molecule has 0 saturated carbocycles. The second-order valence-corrected chi connectivity index (χ2v) is 8.55. The molecule has 2 heterocycles. The summed E-state index contributed by atoms with van der Waals surface area (Å²) < 4.78 is 30.3. The van der Waals surface area contributed by atoms with E-state index in [4.69, 9.17) is 14.2 Å². The molecule has 1 N–H and O–H groups in total. The van der Waals surface area contributed by atoms with Crippen molar-refractivity contribution >= 4 is 22.5 Å². The first-order valence-corrected chi connectivity index (χ1v) is 11.8. The Morgan fingerprint density at radius 2 is 1.78 bits per heavy atom. The topological polar surface area (TPSA) is 91.7 Å². The van der Waals surface area contributed by atoms with Gasteiger partial charge in [-0.05, 0) is 56.3 Å². The van der Waals surface area contributed by atoms with Crippen LogP contribution in [-0.4, -0.2) is 40.2 Å². The molecule has 3 aromatic rings. The van der Waals surface area contributed by atoms with Crippen LogP contribution in [0.5, 0.6) is 17.2 Å². The Kier molecular flexibility index (Phi) is 6.45. The SMILES string of the molecule is CCOc1ccc(C(=O)Nc2c3c(nn2-c2ccc(OC)cc2)C[S@@](=O)C3)cc1OCC. The van der Waals surface area contributed by atoms with Crippen molar-refractivity contribution in [3.8, 4) is 22.9 Å². The normalized spacial score (nSPS) is 14.7. The third kappa shape index (κ3) is 4.34. The van der Waals surface area contributed by atoms with Gasteiger partial charge in [-0.15, -0.1) is 0 Å². The van der Waals surface area contributed by atoms with Gasteiger partial charge >= 0.3 is 0 Å². The van der Waals surface area contributed by atoms with Crippen molar-refractivity contribution in [1.82, 2.24) is 9.78 Å². The van der Waals surface area contributed by atoms with E-state index in [1.165, 1.54) is 0 Å². The summed E-state index contributed by atoms with van der Waals surface area (Å²) in [5.41, 5.74) is 2.72. The van der Waals surface area contributed by atoms with Crippen molar-refractivity contribution in [3.63, 3.8) is 0 Å². The number of ether oxygens (including phenoxy) is 3. The molecule has 1 aromatic heterocycles. The molecule has 2 aromatic carbocycles. The number of hydrogen-bond acceptors (Lipinski definition) is 6. The van der Waals surface area contributed by atoms with Crippen LogP contribution in [0.2, 0.25) is 0 Å². The maximum absolute atomic E-state index is 13.2. The van der Waals surface area contributed by atoms with E-state index < -0.39 is 10.8 Å². The Morgan fingerprint density at radius 3 is 2.47 bits per heavy atom. The van der Waals surface area contributed by atoms with E-state index >= 15 is 0 Å². The zero-order chi connectivity index (χ0) is 22.7. The van der Waals surface area contributed by atoms with Gasteiger partial charge in [0.05, 0.1) is 43.2 Å². The van der Waals surface area contributed by atoms with Crippen molar-refractivity contribution in [2.45, 2.75) is 25.4 Å². The number of nitrogens with one attached hydrogen (secondary N) is 1. The molecule has 0 saturated heterocycles. The fourth-order valence-electron chi connectivity index (χ4n) is 3.54. The number of fused-ring (bicyclic) bond motifs is 1. The molecule has 0 unspecified atom stereocenters. The zero-order valence-electron chi connectivity index (χ0n) is 18.2. The van der Waals surface area contributed by atoms with Gasteiger partial charge < -0.3 is 19.5 Å². The molecule has 1 aliphatic heterocycles. The van der Waals surface area contributed by atoms with Gasteiger partial charge in [-0.3, -0.25) is 9.00 Å². The molecule has 0 aliphatic carbocycles. The molecule has 8 nitrogen and oxygen atoms in total. The first-order valence-electron chi connectivity index (χ1n) is 10.3. The minimum Gasteiger partial charge on any atom is -0.497 e. The van der Waals surface area contributed by atoms with Crippen LogP contribution in [0.3, 0.4) is 0 Å². The van der Waals surface area contributed by atoms with Gasteiger partial charge in [0.2, 0.25) is 0 Å². The van der Waals surface area contributed by atoms with Crippen LogP contribution in [0.25, 0.3) is 5.69 Å². The predicted octanol–water partition coefficient (Wildman–Crippen LogP) is 3.69. The predicted molar refractivity (Wildman–Crippen MR) is 122 cm³/mol. The van der Waals surface area contributed by atoms with Crippen molar-refractivity contribution in [2.75, 3.05) is 25.6 Å². The lowest BCUT2D eigenvalue weighted by molar-refractivity contribution is 0.102. The third-order valence-corrected chi connectivity index (χ3v) is 6.23. The number of amides is 1. The van der Waals surface area contributed by atoms with Crippen LogP contribution < -0.4 is 19.5 Å². The summed E-state index contributed by atoms with van der Waals surface area (Å²) in [6, 6.07) is 12.4. The van der Waals surface area contributed by atoms with Crippen molar-refractivity contribution in [3.05, 3.63) is 59.3 Å². The van der Waals surface area contributed by atoms with Gasteiger partial charge in [0.15, 0.2) is 11.5 Å². The average Bonchev–Trinajstić information content (AvgIpc) is 3.32. The highest BCUT2D eigenvalue weighted by molar-refractivity contribution is 7.83. The fourth-order valence-corrected chi connectivity index (χ4v) is 4.80.